The van der Waals surface area contributed by atoms with Crippen molar-refractivity contribution in [2.24, 2.45) is 5.41 Å². The number of nitrogens with two attached hydrogens (primary N) is 1. The van der Waals surface area contributed by atoms with Crippen LogP contribution < -0.4 is 5.73 Å². The van der Waals surface area contributed by atoms with Crippen LogP contribution in [0, 0.1) is 12.3 Å². The van der Waals surface area contributed by atoms with E-state index in [9.17, 15) is 0 Å². The van der Waals surface area contributed by atoms with Crippen molar-refractivity contribution >= 4 is 17.4 Å². The molecule has 19 heavy (non-hydrogen) atoms. The molecule has 1 aromatic heterocycles. The summed E-state index contributed by atoms with van der Waals surface area (Å²) in [7, 11) is 0. The van der Waals surface area contributed by atoms with Gasteiger partial charge in [-0.25, -0.2) is 4.68 Å². The third kappa shape index (κ3) is 3.29. The Morgan fingerprint density at radius 3 is 2.53 bits per heavy atom. The average molecular weight is 278 g/mol. The summed E-state index contributed by atoms with van der Waals surface area (Å²) in [5.74, 6) is 0.638. The van der Waals surface area contributed by atoms with Gasteiger partial charge >= 0.3 is 0 Å². The zero-order valence-electron chi connectivity index (χ0n) is 11.9. The minimum atomic E-state index is 0.191. The Hall–Kier alpha value is -1.48. The molecule has 2 N–H and O–H groups in total. The summed E-state index contributed by atoms with van der Waals surface area (Å²) in [5, 5.41) is 5.30. The molecule has 0 bridgehead atoms. The van der Waals surface area contributed by atoms with E-state index in [1.807, 2.05) is 31.2 Å². The molecule has 0 fully saturated rings. The van der Waals surface area contributed by atoms with Gasteiger partial charge in [0.05, 0.1) is 11.4 Å². The van der Waals surface area contributed by atoms with E-state index in [1.54, 1.807) is 4.68 Å². The second-order valence-electron chi connectivity index (χ2n) is 6.14. The number of hydrogen-bond acceptors (Lipinski definition) is 2. The normalized spacial score (nSPS) is 11.8. The van der Waals surface area contributed by atoms with Gasteiger partial charge in [0.15, 0.2) is 0 Å². The molecule has 0 unspecified atom stereocenters. The third-order valence-corrected chi connectivity index (χ3v) is 3.31. The fourth-order valence-corrected chi connectivity index (χ4v) is 2.17. The molecule has 0 spiro atoms. The highest BCUT2D eigenvalue weighted by atomic mass is 35.5. The van der Waals surface area contributed by atoms with Gasteiger partial charge in [0.1, 0.15) is 5.82 Å². The molecule has 0 aliphatic carbocycles. The van der Waals surface area contributed by atoms with E-state index in [4.69, 9.17) is 17.3 Å². The molecule has 0 atom stereocenters. The number of aromatic nitrogens is 2. The number of aryl methyl sites for hydroxylation is 1. The van der Waals surface area contributed by atoms with Crippen molar-refractivity contribution in [3.63, 3.8) is 0 Å². The van der Waals surface area contributed by atoms with Crippen LogP contribution in [0.5, 0.6) is 0 Å². The second-order valence-corrected chi connectivity index (χ2v) is 6.55. The Morgan fingerprint density at radius 1 is 1.26 bits per heavy atom. The first kappa shape index (κ1) is 13.9. The number of halogens is 1. The summed E-state index contributed by atoms with van der Waals surface area (Å²) >= 11 is 6.15. The Balaban J connectivity index is 2.37. The Kier molecular flexibility index (Phi) is 3.59. The zero-order chi connectivity index (χ0) is 14.2. The maximum Gasteiger partial charge on any atom is 0.127 e. The van der Waals surface area contributed by atoms with E-state index in [-0.39, 0.29) is 5.41 Å². The van der Waals surface area contributed by atoms with Gasteiger partial charge in [-0.1, -0.05) is 38.4 Å². The molecule has 102 valence electrons. The van der Waals surface area contributed by atoms with Crippen LogP contribution in [-0.2, 0) is 6.42 Å². The van der Waals surface area contributed by atoms with Crippen LogP contribution in [-0.4, -0.2) is 9.78 Å². The highest BCUT2D eigenvalue weighted by molar-refractivity contribution is 6.31. The van der Waals surface area contributed by atoms with Crippen LogP contribution in [0.4, 0.5) is 5.82 Å². The molecule has 2 aromatic rings. The van der Waals surface area contributed by atoms with Gasteiger partial charge < -0.3 is 5.73 Å². The third-order valence-electron chi connectivity index (χ3n) is 2.90. The molecular formula is C15H20ClN3. The first-order valence-electron chi connectivity index (χ1n) is 6.37. The topological polar surface area (TPSA) is 43.8 Å². The summed E-state index contributed by atoms with van der Waals surface area (Å²) in [5.41, 5.74) is 9.17. The standard InChI is InChI=1S/C15H20ClN3/c1-10-5-6-12(8-13(10)16)19-14(17)7-11(18-19)9-15(2,3)4/h5-8H,9,17H2,1-4H3. The minimum absolute atomic E-state index is 0.191. The van der Waals surface area contributed by atoms with Crippen LogP contribution in [0.3, 0.4) is 0 Å². The molecule has 0 aliphatic heterocycles. The predicted molar refractivity (Wildman–Crippen MR) is 80.9 cm³/mol. The van der Waals surface area contributed by atoms with Crippen LogP contribution in [0.15, 0.2) is 24.3 Å². The van der Waals surface area contributed by atoms with Crippen molar-refractivity contribution in [3.8, 4) is 5.69 Å². The number of rotatable bonds is 2. The lowest BCUT2D eigenvalue weighted by Gasteiger charge is -2.15. The SMILES string of the molecule is Cc1ccc(-n2nc(CC(C)(C)C)cc2N)cc1Cl. The molecule has 4 heteroatoms. The van der Waals surface area contributed by atoms with Crippen molar-refractivity contribution in [3.05, 3.63) is 40.5 Å². The Labute approximate surface area is 119 Å². The highest BCUT2D eigenvalue weighted by Crippen LogP contribution is 2.24. The van der Waals surface area contributed by atoms with Crippen molar-refractivity contribution in [1.29, 1.82) is 0 Å². The monoisotopic (exact) mass is 277 g/mol. The van der Waals surface area contributed by atoms with Gasteiger partial charge in [-0.2, -0.15) is 5.10 Å². The smallest absolute Gasteiger partial charge is 0.127 e. The molecule has 1 aromatic carbocycles. The van der Waals surface area contributed by atoms with E-state index in [0.717, 1.165) is 28.4 Å². The van der Waals surface area contributed by atoms with E-state index in [2.05, 4.69) is 25.9 Å². The van der Waals surface area contributed by atoms with Gasteiger partial charge in [-0.05, 0) is 36.5 Å². The molecule has 0 amide bonds. The molecular weight excluding hydrogens is 258 g/mol. The van der Waals surface area contributed by atoms with E-state index >= 15 is 0 Å². The Bertz CT molecular complexity index is 594. The van der Waals surface area contributed by atoms with Gasteiger partial charge in [0.25, 0.3) is 0 Å². The van der Waals surface area contributed by atoms with E-state index in [0.29, 0.717) is 5.82 Å². The number of anilines is 1. The molecule has 2 rings (SSSR count). The maximum atomic E-state index is 6.15. The number of nitrogens with zero attached hydrogens (tertiary/aromatic N) is 2. The second kappa shape index (κ2) is 4.89. The lowest BCUT2D eigenvalue weighted by atomic mass is 9.91. The van der Waals surface area contributed by atoms with Crippen LogP contribution in [0.2, 0.25) is 5.02 Å². The van der Waals surface area contributed by atoms with Crippen LogP contribution in [0.1, 0.15) is 32.0 Å². The van der Waals surface area contributed by atoms with Crippen molar-refractivity contribution in [2.75, 3.05) is 5.73 Å². The fraction of sp³-hybridized carbons (Fsp3) is 0.400. The summed E-state index contributed by atoms with van der Waals surface area (Å²) < 4.78 is 1.74. The largest absolute Gasteiger partial charge is 0.384 e. The molecule has 0 aliphatic rings. The van der Waals surface area contributed by atoms with Gasteiger partial charge in [0, 0.05) is 11.1 Å². The highest BCUT2D eigenvalue weighted by Gasteiger charge is 2.15. The molecule has 0 saturated heterocycles. The van der Waals surface area contributed by atoms with Crippen molar-refractivity contribution in [2.45, 2.75) is 34.1 Å². The van der Waals surface area contributed by atoms with Crippen LogP contribution in [0.25, 0.3) is 5.69 Å². The maximum absolute atomic E-state index is 6.15. The molecule has 0 saturated carbocycles. The fourth-order valence-electron chi connectivity index (χ4n) is 2.00. The van der Waals surface area contributed by atoms with E-state index < -0.39 is 0 Å². The molecule has 1 heterocycles. The lowest BCUT2D eigenvalue weighted by molar-refractivity contribution is 0.405. The summed E-state index contributed by atoms with van der Waals surface area (Å²) in [6.45, 7) is 8.53. The first-order valence-corrected chi connectivity index (χ1v) is 6.75. The zero-order valence-corrected chi connectivity index (χ0v) is 12.6. The van der Waals surface area contributed by atoms with Crippen molar-refractivity contribution in [1.82, 2.24) is 9.78 Å². The number of hydrogen-bond donors (Lipinski definition) is 1. The van der Waals surface area contributed by atoms with Gasteiger partial charge in [-0.3, -0.25) is 0 Å². The first-order chi connectivity index (χ1) is 8.76. The van der Waals surface area contributed by atoms with Crippen LogP contribution >= 0.6 is 11.6 Å². The summed E-state index contributed by atoms with van der Waals surface area (Å²) in [6, 6.07) is 7.77. The summed E-state index contributed by atoms with van der Waals surface area (Å²) in [4.78, 5) is 0. The van der Waals surface area contributed by atoms with E-state index in [1.165, 1.54) is 0 Å². The summed E-state index contributed by atoms with van der Waals surface area (Å²) in [6.07, 6.45) is 0.893. The lowest BCUT2D eigenvalue weighted by Crippen LogP contribution is -2.10. The number of nitrogen functional groups attached to an aromatic ring is 1. The van der Waals surface area contributed by atoms with Crippen molar-refractivity contribution < 1.29 is 0 Å². The predicted octanol–water partition coefficient (Wildman–Crippen LogP) is 4.00. The Morgan fingerprint density at radius 2 is 1.95 bits per heavy atom. The average Bonchev–Trinajstić information content (AvgIpc) is 2.61. The van der Waals surface area contributed by atoms with Gasteiger partial charge in [-0.15, -0.1) is 0 Å². The van der Waals surface area contributed by atoms with Gasteiger partial charge in [0.2, 0.25) is 0 Å². The molecule has 3 nitrogen and oxygen atoms in total. The quantitative estimate of drug-likeness (QED) is 0.901. The molecule has 0 radical (unpaired) electrons. The number of benzene rings is 1. The minimum Gasteiger partial charge on any atom is -0.384 e.